The van der Waals surface area contributed by atoms with Gasteiger partial charge in [-0.25, -0.2) is 0 Å². The Kier molecular flexibility index (Phi) is 6.01. The van der Waals surface area contributed by atoms with Crippen molar-refractivity contribution in [3.05, 3.63) is 59.7 Å². The van der Waals surface area contributed by atoms with Crippen LogP contribution in [0.1, 0.15) is 27.6 Å². The average Bonchev–Trinajstić information content (AvgIpc) is 3.03. The highest BCUT2D eigenvalue weighted by atomic mass is 16.5. The fourth-order valence-electron chi connectivity index (χ4n) is 3.98. The molecule has 162 valence electrons. The van der Waals surface area contributed by atoms with Gasteiger partial charge in [0.15, 0.2) is 0 Å². The molecule has 31 heavy (non-hydrogen) atoms. The Morgan fingerprint density at radius 2 is 1.68 bits per heavy atom. The predicted molar refractivity (Wildman–Crippen MR) is 115 cm³/mol. The summed E-state index contributed by atoms with van der Waals surface area (Å²) in [6.07, 6.45) is -0.900. The molecule has 0 saturated carbocycles. The maximum Gasteiger partial charge on any atom is 0.261 e. The van der Waals surface area contributed by atoms with E-state index in [1.807, 2.05) is 36.1 Å². The molecule has 1 fully saturated rings. The van der Waals surface area contributed by atoms with Gasteiger partial charge in [-0.05, 0) is 43.3 Å². The number of benzene rings is 2. The molecule has 0 radical (unpaired) electrons. The molecule has 2 aliphatic rings. The van der Waals surface area contributed by atoms with Crippen molar-refractivity contribution in [1.82, 2.24) is 4.90 Å². The molecule has 3 amide bonds. The van der Waals surface area contributed by atoms with Gasteiger partial charge in [0, 0.05) is 31.0 Å². The van der Waals surface area contributed by atoms with E-state index in [0.29, 0.717) is 30.8 Å². The summed E-state index contributed by atoms with van der Waals surface area (Å²) in [5, 5.41) is 10.6. The van der Waals surface area contributed by atoms with Crippen molar-refractivity contribution < 1.29 is 24.2 Å². The summed E-state index contributed by atoms with van der Waals surface area (Å²) in [7, 11) is 0. The first kappa shape index (κ1) is 21.0. The minimum Gasteiger partial charge on any atom is -0.389 e. The number of rotatable bonds is 7. The third kappa shape index (κ3) is 4.17. The number of likely N-dealkylation sites (N-methyl/N-ethyl adjacent to an activating group) is 1. The molecule has 0 unspecified atom stereocenters. The van der Waals surface area contributed by atoms with Crippen LogP contribution in [0.2, 0.25) is 0 Å². The number of hydrogen-bond acceptors (Lipinski definition) is 6. The summed E-state index contributed by atoms with van der Waals surface area (Å²) in [4.78, 5) is 41.8. The maximum absolute atomic E-state index is 12.5. The number of imide groups is 1. The second-order valence-corrected chi connectivity index (χ2v) is 7.57. The van der Waals surface area contributed by atoms with E-state index < -0.39 is 6.10 Å². The predicted octanol–water partition coefficient (Wildman–Crippen LogP) is 1.53. The molecule has 8 heteroatoms. The van der Waals surface area contributed by atoms with Gasteiger partial charge in [0.05, 0.1) is 30.4 Å². The van der Waals surface area contributed by atoms with Gasteiger partial charge in [0.25, 0.3) is 17.7 Å². The monoisotopic (exact) mass is 423 g/mol. The van der Waals surface area contributed by atoms with E-state index in [2.05, 4.69) is 0 Å². The van der Waals surface area contributed by atoms with Gasteiger partial charge >= 0.3 is 0 Å². The molecule has 1 atom stereocenters. The number of fused-ring (bicyclic) bond motifs is 1. The number of morpholine rings is 1. The van der Waals surface area contributed by atoms with Gasteiger partial charge < -0.3 is 19.6 Å². The zero-order valence-corrected chi connectivity index (χ0v) is 17.4. The molecule has 4 rings (SSSR count). The van der Waals surface area contributed by atoms with Gasteiger partial charge in [0.1, 0.15) is 6.61 Å². The highest BCUT2D eigenvalue weighted by Gasteiger charge is 2.36. The molecule has 0 spiro atoms. The third-order valence-corrected chi connectivity index (χ3v) is 5.60. The normalized spacial score (nSPS) is 17.2. The Hall–Kier alpha value is -3.23. The number of aliphatic hydroxyl groups is 1. The van der Waals surface area contributed by atoms with E-state index in [-0.39, 0.29) is 37.4 Å². The van der Waals surface area contributed by atoms with Crippen molar-refractivity contribution in [2.45, 2.75) is 13.0 Å². The van der Waals surface area contributed by atoms with E-state index in [0.717, 1.165) is 16.3 Å². The molecule has 2 heterocycles. The number of ether oxygens (including phenoxy) is 1. The Labute approximate surface area is 180 Å². The van der Waals surface area contributed by atoms with Crippen molar-refractivity contribution in [1.29, 1.82) is 0 Å². The van der Waals surface area contributed by atoms with Crippen LogP contribution in [0.15, 0.2) is 48.5 Å². The summed E-state index contributed by atoms with van der Waals surface area (Å²) in [6.45, 7) is 3.92. The quantitative estimate of drug-likeness (QED) is 0.680. The van der Waals surface area contributed by atoms with Gasteiger partial charge in [-0.3, -0.25) is 19.3 Å². The first-order valence-electron chi connectivity index (χ1n) is 10.4. The SMILES string of the molecule is CCN(C[C@@H](O)CN1C(=O)c2ccccc2C1=O)c1ccc(N2CCOCC2=O)cc1. The summed E-state index contributed by atoms with van der Waals surface area (Å²) >= 11 is 0. The molecular weight excluding hydrogens is 398 g/mol. The minimum atomic E-state index is -0.900. The van der Waals surface area contributed by atoms with Crippen LogP contribution < -0.4 is 9.80 Å². The van der Waals surface area contributed by atoms with Crippen molar-refractivity contribution >= 4 is 29.1 Å². The van der Waals surface area contributed by atoms with Gasteiger partial charge in [0.2, 0.25) is 0 Å². The van der Waals surface area contributed by atoms with Crippen LogP contribution in [0.25, 0.3) is 0 Å². The zero-order chi connectivity index (χ0) is 22.0. The summed E-state index contributed by atoms with van der Waals surface area (Å²) < 4.78 is 5.17. The number of anilines is 2. The number of nitrogens with zero attached hydrogens (tertiary/aromatic N) is 3. The van der Waals surface area contributed by atoms with Gasteiger partial charge in [-0.2, -0.15) is 0 Å². The third-order valence-electron chi connectivity index (χ3n) is 5.60. The standard InChI is InChI=1S/C23H25N3O5/c1-2-24(16-7-9-17(10-8-16)25-11-12-31-15-21(25)28)13-18(27)14-26-22(29)19-5-3-4-6-20(19)23(26)30/h3-10,18,27H,2,11-15H2,1H3/t18-/m1/s1. The van der Waals surface area contributed by atoms with Crippen LogP contribution in [-0.4, -0.2) is 73.2 Å². The molecule has 1 saturated heterocycles. The Morgan fingerprint density at radius 1 is 1.03 bits per heavy atom. The van der Waals surface area contributed by atoms with Crippen LogP contribution in [-0.2, 0) is 9.53 Å². The summed E-state index contributed by atoms with van der Waals surface area (Å²) in [5.41, 5.74) is 2.44. The number of β-amino-alcohol motifs (C(OH)–C–C–N with tert-alkyl or cyclic N) is 1. The van der Waals surface area contributed by atoms with Crippen LogP contribution in [0.3, 0.4) is 0 Å². The number of hydrogen-bond donors (Lipinski definition) is 1. The topological polar surface area (TPSA) is 90.4 Å². The number of carbonyl (C=O) groups excluding carboxylic acids is 3. The maximum atomic E-state index is 12.5. The minimum absolute atomic E-state index is 0.0663. The highest BCUT2D eigenvalue weighted by molar-refractivity contribution is 6.21. The fraction of sp³-hybridized carbons (Fsp3) is 0.348. The van der Waals surface area contributed by atoms with Crippen LogP contribution in [0, 0.1) is 0 Å². The van der Waals surface area contributed by atoms with E-state index in [1.54, 1.807) is 29.2 Å². The second kappa shape index (κ2) is 8.87. The van der Waals surface area contributed by atoms with E-state index in [1.165, 1.54) is 0 Å². The lowest BCUT2D eigenvalue weighted by Gasteiger charge is -2.29. The largest absolute Gasteiger partial charge is 0.389 e. The molecule has 2 aromatic rings. The fourth-order valence-corrected chi connectivity index (χ4v) is 3.98. The highest BCUT2D eigenvalue weighted by Crippen LogP contribution is 2.24. The Morgan fingerprint density at radius 3 is 2.26 bits per heavy atom. The Bertz CT molecular complexity index is 956. The molecule has 2 aromatic carbocycles. The molecule has 2 aliphatic heterocycles. The smallest absolute Gasteiger partial charge is 0.261 e. The zero-order valence-electron chi connectivity index (χ0n) is 17.4. The Balaban J connectivity index is 1.40. The average molecular weight is 423 g/mol. The lowest BCUT2D eigenvalue weighted by atomic mass is 10.1. The van der Waals surface area contributed by atoms with Crippen LogP contribution >= 0.6 is 0 Å². The van der Waals surface area contributed by atoms with Crippen molar-refractivity contribution in [2.75, 3.05) is 49.2 Å². The van der Waals surface area contributed by atoms with Gasteiger partial charge in [-0.15, -0.1) is 0 Å². The molecule has 1 N–H and O–H groups in total. The van der Waals surface area contributed by atoms with Crippen molar-refractivity contribution in [3.8, 4) is 0 Å². The second-order valence-electron chi connectivity index (χ2n) is 7.57. The van der Waals surface area contributed by atoms with Crippen molar-refractivity contribution in [2.24, 2.45) is 0 Å². The lowest BCUT2D eigenvalue weighted by molar-refractivity contribution is -0.125. The first-order valence-corrected chi connectivity index (χ1v) is 10.4. The van der Waals surface area contributed by atoms with Crippen LogP contribution in [0.4, 0.5) is 11.4 Å². The van der Waals surface area contributed by atoms with Crippen molar-refractivity contribution in [3.63, 3.8) is 0 Å². The molecule has 0 aliphatic carbocycles. The molecular formula is C23H25N3O5. The summed E-state index contributed by atoms with van der Waals surface area (Å²) in [6, 6.07) is 14.2. The lowest BCUT2D eigenvalue weighted by Crippen LogP contribution is -2.43. The number of aliphatic hydroxyl groups excluding tert-OH is 1. The number of amides is 3. The number of carbonyl (C=O) groups is 3. The summed E-state index contributed by atoms with van der Waals surface area (Å²) in [5.74, 6) is -0.813. The molecule has 0 aromatic heterocycles. The molecule has 8 nitrogen and oxygen atoms in total. The first-order chi connectivity index (χ1) is 15.0. The van der Waals surface area contributed by atoms with E-state index in [9.17, 15) is 19.5 Å². The van der Waals surface area contributed by atoms with E-state index >= 15 is 0 Å². The molecule has 0 bridgehead atoms. The van der Waals surface area contributed by atoms with E-state index in [4.69, 9.17) is 4.74 Å². The van der Waals surface area contributed by atoms with Crippen LogP contribution in [0.5, 0.6) is 0 Å². The van der Waals surface area contributed by atoms with Gasteiger partial charge in [-0.1, -0.05) is 12.1 Å².